The van der Waals surface area contributed by atoms with Crippen LogP contribution in [0.2, 0.25) is 5.02 Å². The summed E-state index contributed by atoms with van der Waals surface area (Å²) in [6.07, 6.45) is 0. The number of esters is 1. The molecule has 1 atom stereocenters. The number of benzene rings is 1. The fourth-order valence-electron chi connectivity index (χ4n) is 1.09. The average molecular weight is 338 g/mol. The molecule has 0 aliphatic rings. The number of rotatable bonds is 6. The van der Waals surface area contributed by atoms with E-state index in [1.165, 1.54) is 5.56 Å². The molecule has 1 aromatic carbocycles. The summed E-state index contributed by atoms with van der Waals surface area (Å²) in [5.74, 6) is 1.49. The van der Waals surface area contributed by atoms with Crippen molar-refractivity contribution in [2.24, 2.45) is 0 Å². The summed E-state index contributed by atoms with van der Waals surface area (Å²) in [4.78, 5) is 10.9. The lowest BCUT2D eigenvalue weighted by Gasteiger charge is -2.06. The number of ether oxygens (including phenoxy) is 1. The van der Waals surface area contributed by atoms with E-state index in [4.69, 9.17) is 16.3 Å². The first-order chi connectivity index (χ1) is 8.09. The highest BCUT2D eigenvalue weighted by atomic mass is 79.9. The second-order valence-electron chi connectivity index (χ2n) is 3.46. The first-order valence-corrected chi connectivity index (χ1v) is 7.67. The summed E-state index contributed by atoms with van der Waals surface area (Å²) in [5.41, 5.74) is 1.22. The summed E-state index contributed by atoms with van der Waals surface area (Å²) in [5, 5.41) is 0.749. The predicted molar refractivity (Wildman–Crippen MR) is 77.0 cm³/mol. The van der Waals surface area contributed by atoms with Crippen molar-refractivity contribution >= 4 is 45.3 Å². The highest BCUT2D eigenvalue weighted by molar-refractivity contribution is 9.10. The molecule has 0 spiro atoms. The van der Waals surface area contributed by atoms with E-state index in [1.807, 2.05) is 24.3 Å². The molecule has 0 aliphatic heterocycles. The number of hydrogen-bond donors (Lipinski definition) is 0. The molecule has 1 rings (SSSR count). The molecule has 5 heteroatoms. The van der Waals surface area contributed by atoms with E-state index in [-0.39, 0.29) is 10.8 Å². The summed E-state index contributed by atoms with van der Waals surface area (Å²) in [6, 6.07) is 7.76. The van der Waals surface area contributed by atoms with Gasteiger partial charge in [0.15, 0.2) is 0 Å². The third-order valence-corrected chi connectivity index (χ3v) is 3.60. The number of thioether (sulfide) groups is 1. The van der Waals surface area contributed by atoms with Crippen LogP contribution in [0.15, 0.2) is 24.3 Å². The van der Waals surface area contributed by atoms with Gasteiger partial charge in [0.05, 0.1) is 0 Å². The summed E-state index contributed by atoms with van der Waals surface area (Å²) in [7, 11) is 0. The van der Waals surface area contributed by atoms with E-state index in [9.17, 15) is 4.79 Å². The van der Waals surface area contributed by atoms with E-state index in [0.717, 1.165) is 16.5 Å². The Morgan fingerprint density at radius 2 is 2.12 bits per heavy atom. The second kappa shape index (κ2) is 8.01. The van der Waals surface area contributed by atoms with Crippen molar-refractivity contribution in [1.82, 2.24) is 0 Å². The quantitative estimate of drug-likeness (QED) is 0.447. The van der Waals surface area contributed by atoms with Gasteiger partial charge >= 0.3 is 5.97 Å². The first-order valence-electron chi connectivity index (χ1n) is 5.22. The minimum atomic E-state index is -0.233. The molecule has 0 amide bonds. The SMILES string of the molecule is CC(Br)C(=O)OCCSCc1ccc(Cl)cc1. The zero-order chi connectivity index (χ0) is 12.7. The normalized spacial score (nSPS) is 12.2. The Morgan fingerprint density at radius 1 is 1.47 bits per heavy atom. The molecule has 94 valence electrons. The smallest absolute Gasteiger partial charge is 0.319 e. The molecule has 2 nitrogen and oxygen atoms in total. The molecular weight excluding hydrogens is 324 g/mol. The fourth-order valence-corrected chi connectivity index (χ4v) is 2.12. The number of carbonyl (C=O) groups is 1. The van der Waals surface area contributed by atoms with Gasteiger partial charge in [-0.15, -0.1) is 0 Å². The maximum atomic E-state index is 11.1. The third-order valence-electron chi connectivity index (χ3n) is 1.98. The molecule has 0 saturated carbocycles. The lowest BCUT2D eigenvalue weighted by molar-refractivity contribution is -0.141. The standard InChI is InChI=1S/C12H14BrClO2S/c1-9(13)12(15)16-6-7-17-8-10-2-4-11(14)5-3-10/h2-5,9H,6-8H2,1H3. The fraction of sp³-hybridized carbons (Fsp3) is 0.417. The Hall–Kier alpha value is -0.190. The van der Waals surface area contributed by atoms with Crippen LogP contribution in [0.1, 0.15) is 12.5 Å². The van der Waals surface area contributed by atoms with Crippen LogP contribution in [-0.4, -0.2) is 23.2 Å². The van der Waals surface area contributed by atoms with E-state index in [1.54, 1.807) is 18.7 Å². The maximum absolute atomic E-state index is 11.1. The van der Waals surface area contributed by atoms with Crippen LogP contribution in [0.3, 0.4) is 0 Å². The van der Waals surface area contributed by atoms with E-state index < -0.39 is 0 Å². The molecule has 0 aromatic heterocycles. The molecule has 0 saturated heterocycles. The summed E-state index contributed by atoms with van der Waals surface area (Å²) >= 11 is 10.7. The lowest BCUT2D eigenvalue weighted by atomic mass is 10.2. The highest BCUT2D eigenvalue weighted by Gasteiger charge is 2.08. The van der Waals surface area contributed by atoms with Gasteiger partial charge in [-0.3, -0.25) is 4.79 Å². The molecule has 17 heavy (non-hydrogen) atoms. The van der Waals surface area contributed by atoms with E-state index in [0.29, 0.717) is 6.61 Å². The Morgan fingerprint density at radius 3 is 2.71 bits per heavy atom. The third kappa shape index (κ3) is 6.34. The minimum Gasteiger partial charge on any atom is -0.464 e. The Kier molecular flexibility index (Phi) is 7.00. The number of carbonyl (C=O) groups excluding carboxylic acids is 1. The van der Waals surface area contributed by atoms with E-state index in [2.05, 4.69) is 15.9 Å². The zero-order valence-electron chi connectivity index (χ0n) is 9.49. The van der Waals surface area contributed by atoms with Gasteiger partial charge in [-0.25, -0.2) is 0 Å². The highest BCUT2D eigenvalue weighted by Crippen LogP contribution is 2.15. The van der Waals surface area contributed by atoms with Gasteiger partial charge in [-0.2, -0.15) is 11.8 Å². The Bertz CT molecular complexity index is 354. The molecular formula is C12H14BrClO2S. The van der Waals surface area contributed by atoms with Crippen molar-refractivity contribution in [3.63, 3.8) is 0 Å². The van der Waals surface area contributed by atoms with Crippen molar-refractivity contribution in [2.45, 2.75) is 17.5 Å². The van der Waals surface area contributed by atoms with Gasteiger partial charge in [0.2, 0.25) is 0 Å². The van der Waals surface area contributed by atoms with Crippen LogP contribution in [0.25, 0.3) is 0 Å². The maximum Gasteiger partial charge on any atom is 0.319 e. The lowest BCUT2D eigenvalue weighted by Crippen LogP contribution is -2.15. The van der Waals surface area contributed by atoms with Crippen molar-refractivity contribution < 1.29 is 9.53 Å². The Balaban J connectivity index is 2.12. The largest absolute Gasteiger partial charge is 0.464 e. The minimum absolute atomic E-state index is 0.211. The van der Waals surface area contributed by atoms with Gasteiger partial charge in [0.25, 0.3) is 0 Å². The molecule has 1 unspecified atom stereocenters. The van der Waals surface area contributed by atoms with Crippen molar-refractivity contribution in [1.29, 1.82) is 0 Å². The van der Waals surface area contributed by atoms with Gasteiger partial charge in [0, 0.05) is 16.5 Å². The van der Waals surface area contributed by atoms with Gasteiger partial charge in [-0.1, -0.05) is 39.7 Å². The number of halogens is 2. The van der Waals surface area contributed by atoms with Gasteiger partial charge < -0.3 is 4.74 Å². The van der Waals surface area contributed by atoms with Crippen LogP contribution in [0.5, 0.6) is 0 Å². The Labute approximate surface area is 119 Å². The topological polar surface area (TPSA) is 26.3 Å². The molecule has 0 heterocycles. The predicted octanol–water partition coefficient (Wildman–Crippen LogP) is 3.90. The monoisotopic (exact) mass is 336 g/mol. The van der Waals surface area contributed by atoms with Crippen molar-refractivity contribution in [3.8, 4) is 0 Å². The van der Waals surface area contributed by atoms with Crippen molar-refractivity contribution in [3.05, 3.63) is 34.9 Å². The van der Waals surface area contributed by atoms with E-state index >= 15 is 0 Å². The average Bonchev–Trinajstić information content (AvgIpc) is 2.30. The number of hydrogen-bond acceptors (Lipinski definition) is 3. The molecule has 0 bridgehead atoms. The van der Waals surface area contributed by atoms with Crippen LogP contribution < -0.4 is 0 Å². The number of alkyl halides is 1. The van der Waals surface area contributed by atoms with Crippen LogP contribution >= 0.6 is 39.3 Å². The summed E-state index contributed by atoms with van der Waals surface area (Å²) in [6.45, 7) is 2.20. The van der Waals surface area contributed by atoms with Gasteiger partial charge in [0.1, 0.15) is 11.4 Å². The molecule has 0 radical (unpaired) electrons. The summed E-state index contributed by atoms with van der Waals surface area (Å²) < 4.78 is 5.03. The first kappa shape index (κ1) is 14.9. The van der Waals surface area contributed by atoms with Crippen LogP contribution in [0.4, 0.5) is 0 Å². The second-order valence-corrected chi connectivity index (χ2v) is 6.38. The van der Waals surface area contributed by atoms with Crippen LogP contribution in [0, 0.1) is 0 Å². The molecule has 0 N–H and O–H groups in total. The van der Waals surface area contributed by atoms with Gasteiger partial charge in [-0.05, 0) is 24.6 Å². The van der Waals surface area contributed by atoms with Crippen LogP contribution in [-0.2, 0) is 15.3 Å². The molecule has 1 aromatic rings. The molecule has 0 aliphatic carbocycles. The zero-order valence-corrected chi connectivity index (χ0v) is 12.6. The molecule has 0 fully saturated rings. The van der Waals surface area contributed by atoms with Crippen molar-refractivity contribution in [2.75, 3.05) is 12.4 Å².